The number of aromatic nitrogens is 3. The minimum Gasteiger partial charge on any atom is -0.334 e. The van der Waals surface area contributed by atoms with E-state index < -0.39 is 0 Å². The quantitative estimate of drug-likeness (QED) is 0.897. The highest BCUT2D eigenvalue weighted by Gasteiger charge is 2.09. The molecule has 0 aliphatic rings. The van der Waals surface area contributed by atoms with Gasteiger partial charge in [0.15, 0.2) is 0 Å². The van der Waals surface area contributed by atoms with E-state index in [-0.39, 0.29) is 17.9 Å². The van der Waals surface area contributed by atoms with Gasteiger partial charge in [-0.2, -0.15) is 5.10 Å². The Bertz CT molecular complexity index is 584. The van der Waals surface area contributed by atoms with E-state index in [4.69, 9.17) is 0 Å². The van der Waals surface area contributed by atoms with Crippen LogP contribution in [0.3, 0.4) is 0 Å². The number of hydrogen-bond acceptors (Lipinski definition) is 3. The Labute approximate surface area is 116 Å². The summed E-state index contributed by atoms with van der Waals surface area (Å²) in [5, 5.41) is 9.39. The van der Waals surface area contributed by atoms with Gasteiger partial charge in [0.1, 0.15) is 18.5 Å². The molecule has 1 aromatic carbocycles. The molecule has 0 spiro atoms. The molecule has 0 saturated heterocycles. The Morgan fingerprint density at radius 2 is 2.30 bits per heavy atom. The van der Waals surface area contributed by atoms with Gasteiger partial charge in [0, 0.05) is 11.7 Å². The smallest absolute Gasteiger partial charge is 0.319 e. The van der Waals surface area contributed by atoms with Crippen molar-refractivity contribution in [2.45, 2.75) is 26.4 Å². The van der Waals surface area contributed by atoms with Crippen molar-refractivity contribution >= 4 is 11.7 Å². The molecule has 2 amide bonds. The molecule has 20 heavy (non-hydrogen) atoms. The fourth-order valence-electron chi connectivity index (χ4n) is 1.77. The third-order valence-electron chi connectivity index (χ3n) is 2.72. The molecule has 2 N–H and O–H groups in total. The Hall–Kier alpha value is -2.44. The molecule has 0 bridgehead atoms. The van der Waals surface area contributed by atoms with Gasteiger partial charge in [-0.05, 0) is 37.6 Å². The number of hydrogen-bond donors (Lipinski definition) is 2. The second kappa shape index (κ2) is 6.14. The van der Waals surface area contributed by atoms with Crippen molar-refractivity contribution in [1.29, 1.82) is 0 Å². The van der Waals surface area contributed by atoms with Gasteiger partial charge < -0.3 is 10.6 Å². The van der Waals surface area contributed by atoms with E-state index in [1.807, 2.05) is 6.92 Å². The molecule has 6 nitrogen and oxygen atoms in total. The summed E-state index contributed by atoms with van der Waals surface area (Å²) >= 11 is 0. The van der Waals surface area contributed by atoms with E-state index in [9.17, 15) is 9.18 Å². The van der Waals surface area contributed by atoms with Crippen LogP contribution in [0.1, 0.15) is 12.5 Å². The van der Waals surface area contributed by atoms with Crippen LogP contribution < -0.4 is 10.6 Å². The molecule has 0 radical (unpaired) electrons. The van der Waals surface area contributed by atoms with Gasteiger partial charge in [-0.3, -0.25) is 4.68 Å². The number of nitrogens with one attached hydrogen (secondary N) is 2. The number of anilines is 1. The second-order valence-electron chi connectivity index (χ2n) is 4.58. The van der Waals surface area contributed by atoms with Crippen molar-refractivity contribution in [3.05, 3.63) is 42.2 Å². The Kier molecular flexibility index (Phi) is 4.29. The van der Waals surface area contributed by atoms with Crippen molar-refractivity contribution in [2.24, 2.45) is 0 Å². The number of amides is 2. The maximum Gasteiger partial charge on any atom is 0.319 e. The monoisotopic (exact) mass is 277 g/mol. The third kappa shape index (κ3) is 3.78. The lowest BCUT2D eigenvalue weighted by Crippen LogP contribution is -2.38. The van der Waals surface area contributed by atoms with Crippen molar-refractivity contribution < 1.29 is 9.18 Å². The van der Waals surface area contributed by atoms with Gasteiger partial charge in [0.2, 0.25) is 0 Å². The summed E-state index contributed by atoms with van der Waals surface area (Å²) in [6.45, 7) is 4.03. The van der Waals surface area contributed by atoms with E-state index in [0.29, 0.717) is 17.8 Å². The summed E-state index contributed by atoms with van der Waals surface area (Å²) in [6.07, 6.45) is 3.02. The van der Waals surface area contributed by atoms with E-state index in [1.165, 1.54) is 18.5 Å². The summed E-state index contributed by atoms with van der Waals surface area (Å²) in [6, 6.07) is 3.96. The molecule has 0 fully saturated rings. The van der Waals surface area contributed by atoms with Gasteiger partial charge >= 0.3 is 6.03 Å². The van der Waals surface area contributed by atoms with E-state index in [2.05, 4.69) is 20.7 Å². The summed E-state index contributed by atoms with van der Waals surface area (Å²) in [5.74, 6) is -0.296. The van der Waals surface area contributed by atoms with Crippen molar-refractivity contribution in [1.82, 2.24) is 20.1 Å². The SMILES string of the molecule is Cc1cc(NC(=O)NC(C)Cn2cncn2)ccc1F. The molecule has 1 unspecified atom stereocenters. The minimum absolute atomic E-state index is 0.113. The van der Waals surface area contributed by atoms with Gasteiger partial charge in [0.05, 0.1) is 6.54 Å². The number of carbonyl (C=O) groups excluding carboxylic acids is 1. The van der Waals surface area contributed by atoms with E-state index in [1.54, 1.807) is 24.0 Å². The zero-order valence-electron chi connectivity index (χ0n) is 11.3. The van der Waals surface area contributed by atoms with Crippen LogP contribution in [-0.2, 0) is 6.54 Å². The molecule has 2 aromatic rings. The number of benzene rings is 1. The maximum atomic E-state index is 13.1. The normalized spacial score (nSPS) is 11.9. The standard InChI is InChI=1S/C13H16FN5O/c1-9-5-11(3-4-12(9)14)18-13(20)17-10(2)6-19-8-15-7-16-19/h3-5,7-8,10H,6H2,1-2H3,(H2,17,18,20). The zero-order valence-corrected chi connectivity index (χ0v) is 11.3. The van der Waals surface area contributed by atoms with E-state index in [0.717, 1.165) is 0 Å². The van der Waals surface area contributed by atoms with Crippen LogP contribution in [0.25, 0.3) is 0 Å². The number of carbonyl (C=O) groups is 1. The minimum atomic E-state index is -0.344. The molecular weight excluding hydrogens is 261 g/mol. The Morgan fingerprint density at radius 1 is 1.50 bits per heavy atom. The molecule has 1 atom stereocenters. The Morgan fingerprint density at radius 3 is 2.95 bits per heavy atom. The molecule has 1 heterocycles. The molecular formula is C13H16FN5O. The number of aryl methyl sites for hydroxylation is 1. The molecule has 0 aliphatic carbocycles. The fraction of sp³-hybridized carbons (Fsp3) is 0.308. The van der Waals surface area contributed by atoms with Crippen molar-refractivity contribution in [2.75, 3.05) is 5.32 Å². The number of halogens is 1. The first-order valence-corrected chi connectivity index (χ1v) is 6.20. The van der Waals surface area contributed by atoms with Crippen LogP contribution >= 0.6 is 0 Å². The third-order valence-corrected chi connectivity index (χ3v) is 2.72. The highest BCUT2D eigenvalue weighted by molar-refractivity contribution is 5.89. The second-order valence-corrected chi connectivity index (χ2v) is 4.58. The number of nitrogens with zero attached hydrogens (tertiary/aromatic N) is 3. The lowest BCUT2D eigenvalue weighted by atomic mass is 10.2. The molecule has 1 aromatic heterocycles. The highest BCUT2D eigenvalue weighted by atomic mass is 19.1. The number of urea groups is 1. The van der Waals surface area contributed by atoms with Gasteiger partial charge in [-0.15, -0.1) is 0 Å². The van der Waals surface area contributed by atoms with Gasteiger partial charge in [-0.1, -0.05) is 0 Å². The van der Waals surface area contributed by atoms with Crippen LogP contribution in [0.15, 0.2) is 30.9 Å². The molecule has 106 valence electrons. The maximum absolute atomic E-state index is 13.1. The molecule has 0 saturated carbocycles. The summed E-state index contributed by atoms with van der Waals surface area (Å²) in [4.78, 5) is 15.6. The lowest BCUT2D eigenvalue weighted by Gasteiger charge is -2.14. The Balaban J connectivity index is 1.87. The van der Waals surface area contributed by atoms with Crippen LogP contribution in [0, 0.1) is 12.7 Å². The summed E-state index contributed by atoms with van der Waals surface area (Å²) in [7, 11) is 0. The molecule has 0 aliphatic heterocycles. The summed E-state index contributed by atoms with van der Waals surface area (Å²) < 4.78 is 14.7. The van der Waals surface area contributed by atoms with Gasteiger partial charge in [0.25, 0.3) is 0 Å². The van der Waals surface area contributed by atoms with Crippen molar-refractivity contribution in [3.8, 4) is 0 Å². The predicted molar refractivity (Wildman–Crippen MR) is 72.8 cm³/mol. The summed E-state index contributed by atoms with van der Waals surface area (Å²) in [5.41, 5.74) is 1.04. The average molecular weight is 277 g/mol. The number of rotatable bonds is 4. The average Bonchev–Trinajstić information content (AvgIpc) is 2.86. The first-order chi connectivity index (χ1) is 9.54. The van der Waals surface area contributed by atoms with E-state index >= 15 is 0 Å². The molecule has 7 heteroatoms. The van der Waals surface area contributed by atoms with Crippen molar-refractivity contribution in [3.63, 3.8) is 0 Å². The topological polar surface area (TPSA) is 71.8 Å². The fourth-order valence-corrected chi connectivity index (χ4v) is 1.77. The lowest BCUT2D eigenvalue weighted by molar-refractivity contribution is 0.247. The predicted octanol–water partition coefficient (Wildman–Crippen LogP) is 1.94. The van der Waals surface area contributed by atoms with Crippen LogP contribution in [0.4, 0.5) is 14.9 Å². The highest BCUT2D eigenvalue weighted by Crippen LogP contribution is 2.13. The largest absolute Gasteiger partial charge is 0.334 e. The van der Waals surface area contributed by atoms with Crippen LogP contribution in [0.2, 0.25) is 0 Å². The first-order valence-electron chi connectivity index (χ1n) is 6.20. The first kappa shape index (κ1) is 14.0. The van der Waals surface area contributed by atoms with Crippen LogP contribution in [-0.4, -0.2) is 26.8 Å². The van der Waals surface area contributed by atoms with Gasteiger partial charge in [-0.25, -0.2) is 14.2 Å². The molecule has 2 rings (SSSR count). The van der Waals surface area contributed by atoms with Crippen LogP contribution in [0.5, 0.6) is 0 Å². The zero-order chi connectivity index (χ0) is 14.5.